The minimum Gasteiger partial charge on any atom is -0.349 e. The van der Waals surface area contributed by atoms with E-state index in [0.717, 1.165) is 37.0 Å². The van der Waals surface area contributed by atoms with E-state index in [9.17, 15) is 4.79 Å². The lowest BCUT2D eigenvalue weighted by Crippen LogP contribution is -2.25. The highest BCUT2D eigenvalue weighted by molar-refractivity contribution is 5.75. The number of hydrogen-bond donors (Lipinski definition) is 1. The molecule has 1 aromatic rings. The lowest BCUT2D eigenvalue weighted by molar-refractivity contribution is -0.121. The van der Waals surface area contributed by atoms with Gasteiger partial charge in [0.2, 0.25) is 5.91 Å². The molecule has 0 aromatic carbocycles. The van der Waals surface area contributed by atoms with Gasteiger partial charge in [0, 0.05) is 19.4 Å². The van der Waals surface area contributed by atoms with Gasteiger partial charge in [-0.15, -0.1) is 10.2 Å². The van der Waals surface area contributed by atoms with Crippen LogP contribution in [0.15, 0.2) is 0 Å². The van der Waals surface area contributed by atoms with E-state index in [1.165, 1.54) is 44.9 Å². The number of aryl methyl sites for hydroxylation is 1. The third-order valence-corrected chi connectivity index (χ3v) is 4.88. The maximum absolute atomic E-state index is 12.0. The molecule has 1 fully saturated rings. The van der Waals surface area contributed by atoms with Crippen molar-refractivity contribution < 1.29 is 4.79 Å². The van der Waals surface area contributed by atoms with Gasteiger partial charge in [-0.25, -0.2) is 0 Å². The molecule has 1 aliphatic carbocycles. The highest BCUT2D eigenvalue weighted by Gasteiger charge is 2.17. The number of carbonyl (C=O) groups excluding carboxylic acids is 1. The van der Waals surface area contributed by atoms with Crippen LogP contribution in [-0.2, 0) is 24.3 Å². The van der Waals surface area contributed by atoms with Gasteiger partial charge in [0.25, 0.3) is 0 Å². The quantitative estimate of drug-likeness (QED) is 0.906. The first-order chi connectivity index (χ1) is 10.3. The van der Waals surface area contributed by atoms with Gasteiger partial charge >= 0.3 is 0 Å². The Morgan fingerprint density at radius 3 is 2.86 bits per heavy atom. The zero-order valence-electron chi connectivity index (χ0n) is 12.8. The average molecular weight is 290 g/mol. The Labute approximate surface area is 126 Å². The van der Waals surface area contributed by atoms with E-state index >= 15 is 0 Å². The Morgan fingerprint density at radius 2 is 2.00 bits per heavy atom. The Kier molecular flexibility index (Phi) is 4.88. The molecular weight excluding hydrogens is 264 g/mol. The first-order valence-corrected chi connectivity index (χ1v) is 8.50. The lowest BCUT2D eigenvalue weighted by atomic mass is 10.0. The van der Waals surface area contributed by atoms with Crippen LogP contribution in [0, 0.1) is 5.92 Å². The number of rotatable bonds is 5. The molecule has 1 aromatic heterocycles. The van der Waals surface area contributed by atoms with Crippen LogP contribution in [0.2, 0.25) is 0 Å². The lowest BCUT2D eigenvalue weighted by Gasteiger charge is -2.10. The molecule has 116 valence electrons. The first-order valence-electron chi connectivity index (χ1n) is 8.50. The summed E-state index contributed by atoms with van der Waals surface area (Å²) in [7, 11) is 0. The largest absolute Gasteiger partial charge is 0.349 e. The number of nitrogens with one attached hydrogen (secondary N) is 1. The van der Waals surface area contributed by atoms with Crippen LogP contribution in [0.5, 0.6) is 0 Å². The Hall–Kier alpha value is -1.39. The number of hydrogen-bond acceptors (Lipinski definition) is 3. The fourth-order valence-corrected chi connectivity index (χ4v) is 3.58. The van der Waals surface area contributed by atoms with Gasteiger partial charge in [-0.1, -0.05) is 32.1 Å². The van der Waals surface area contributed by atoms with Gasteiger partial charge in [-0.3, -0.25) is 4.79 Å². The van der Waals surface area contributed by atoms with Crippen molar-refractivity contribution in [3.63, 3.8) is 0 Å². The van der Waals surface area contributed by atoms with E-state index in [4.69, 9.17) is 0 Å². The topological polar surface area (TPSA) is 59.8 Å². The molecule has 21 heavy (non-hydrogen) atoms. The maximum atomic E-state index is 12.0. The Balaban J connectivity index is 1.46. The van der Waals surface area contributed by atoms with Crippen LogP contribution in [0.4, 0.5) is 0 Å². The monoisotopic (exact) mass is 290 g/mol. The van der Waals surface area contributed by atoms with E-state index in [-0.39, 0.29) is 5.91 Å². The van der Waals surface area contributed by atoms with Gasteiger partial charge in [0.05, 0.1) is 6.54 Å². The summed E-state index contributed by atoms with van der Waals surface area (Å²) in [6.07, 6.45) is 11.7. The molecule has 0 radical (unpaired) electrons. The van der Waals surface area contributed by atoms with Crippen molar-refractivity contribution in [2.75, 3.05) is 0 Å². The summed E-state index contributed by atoms with van der Waals surface area (Å²) in [5.41, 5.74) is 0. The third-order valence-electron chi connectivity index (χ3n) is 4.88. The predicted octanol–water partition coefficient (Wildman–Crippen LogP) is 2.59. The maximum Gasteiger partial charge on any atom is 0.220 e. The van der Waals surface area contributed by atoms with Gasteiger partial charge in [0.15, 0.2) is 5.82 Å². The van der Waals surface area contributed by atoms with Crippen LogP contribution < -0.4 is 5.32 Å². The van der Waals surface area contributed by atoms with E-state index < -0.39 is 0 Å². The fourth-order valence-electron chi connectivity index (χ4n) is 3.58. The summed E-state index contributed by atoms with van der Waals surface area (Å²) in [6.45, 7) is 1.52. The van der Waals surface area contributed by atoms with Crippen LogP contribution in [-0.4, -0.2) is 20.7 Å². The predicted molar refractivity (Wildman–Crippen MR) is 80.6 cm³/mol. The Bertz CT molecular complexity index is 477. The molecular formula is C16H26N4O. The molecule has 0 saturated heterocycles. The third kappa shape index (κ3) is 3.83. The van der Waals surface area contributed by atoms with Crippen molar-refractivity contribution in [1.29, 1.82) is 0 Å². The van der Waals surface area contributed by atoms with Crippen LogP contribution >= 0.6 is 0 Å². The molecule has 0 atom stereocenters. The number of fused-ring (bicyclic) bond motifs is 1. The van der Waals surface area contributed by atoms with Crippen molar-refractivity contribution in [1.82, 2.24) is 20.1 Å². The molecule has 3 rings (SSSR count). The molecule has 1 N–H and O–H groups in total. The molecule has 5 nitrogen and oxygen atoms in total. The van der Waals surface area contributed by atoms with Crippen molar-refractivity contribution in [3.8, 4) is 0 Å². The first kappa shape index (κ1) is 14.5. The SMILES string of the molecule is O=C(CCC1CCCC1)NCc1nnc2n1CCCCC2. The van der Waals surface area contributed by atoms with Gasteiger partial charge < -0.3 is 9.88 Å². The minimum atomic E-state index is 0.160. The van der Waals surface area contributed by atoms with Crippen LogP contribution in [0.3, 0.4) is 0 Å². The molecule has 0 bridgehead atoms. The van der Waals surface area contributed by atoms with Gasteiger partial charge in [-0.2, -0.15) is 0 Å². The van der Waals surface area contributed by atoms with Gasteiger partial charge in [0.1, 0.15) is 5.82 Å². The summed E-state index contributed by atoms with van der Waals surface area (Å²) in [6, 6.07) is 0. The van der Waals surface area contributed by atoms with Crippen molar-refractivity contribution >= 4 is 5.91 Å². The van der Waals surface area contributed by atoms with Crippen LogP contribution in [0.1, 0.15) is 69.4 Å². The van der Waals surface area contributed by atoms with E-state index in [2.05, 4.69) is 20.1 Å². The normalized spacial score (nSPS) is 19.2. The standard InChI is InChI=1S/C16H26N4O/c21-16(10-9-13-6-3-4-7-13)17-12-15-19-18-14-8-2-1-5-11-20(14)15/h13H,1-12H2,(H,17,21). The smallest absolute Gasteiger partial charge is 0.220 e. The molecule has 0 unspecified atom stereocenters. The number of amides is 1. The zero-order valence-corrected chi connectivity index (χ0v) is 12.8. The highest BCUT2D eigenvalue weighted by atomic mass is 16.1. The molecule has 1 amide bonds. The minimum absolute atomic E-state index is 0.160. The summed E-state index contributed by atoms with van der Waals surface area (Å²) < 4.78 is 2.20. The number of carbonyl (C=O) groups is 1. The summed E-state index contributed by atoms with van der Waals surface area (Å²) in [5, 5.41) is 11.5. The number of aromatic nitrogens is 3. The second kappa shape index (κ2) is 7.05. The summed E-state index contributed by atoms with van der Waals surface area (Å²) in [5.74, 6) is 2.94. The van der Waals surface area contributed by atoms with Crippen molar-refractivity contribution in [2.24, 2.45) is 5.92 Å². The van der Waals surface area contributed by atoms with Crippen LogP contribution in [0.25, 0.3) is 0 Å². The molecule has 0 spiro atoms. The van der Waals surface area contributed by atoms with Gasteiger partial charge in [-0.05, 0) is 25.2 Å². The summed E-state index contributed by atoms with van der Waals surface area (Å²) in [4.78, 5) is 12.0. The second-order valence-corrected chi connectivity index (χ2v) is 6.46. The van der Waals surface area contributed by atoms with E-state index in [1.807, 2.05) is 0 Å². The molecule has 1 saturated carbocycles. The summed E-state index contributed by atoms with van der Waals surface area (Å²) >= 11 is 0. The molecule has 2 heterocycles. The van der Waals surface area contributed by atoms with E-state index in [0.29, 0.717) is 13.0 Å². The molecule has 1 aliphatic heterocycles. The molecule has 2 aliphatic rings. The Morgan fingerprint density at radius 1 is 1.14 bits per heavy atom. The molecule has 5 heteroatoms. The average Bonchev–Trinajstić information content (AvgIpc) is 3.08. The zero-order chi connectivity index (χ0) is 14.5. The second-order valence-electron chi connectivity index (χ2n) is 6.46. The fraction of sp³-hybridized carbons (Fsp3) is 0.812. The highest BCUT2D eigenvalue weighted by Crippen LogP contribution is 2.28. The van der Waals surface area contributed by atoms with Crippen molar-refractivity contribution in [2.45, 2.75) is 77.3 Å². The van der Waals surface area contributed by atoms with Crippen molar-refractivity contribution in [3.05, 3.63) is 11.6 Å². The van der Waals surface area contributed by atoms with E-state index in [1.54, 1.807) is 0 Å². The number of nitrogens with zero attached hydrogens (tertiary/aromatic N) is 3.